The van der Waals surface area contributed by atoms with Crippen LogP contribution in [0.15, 0.2) is 60.7 Å². The van der Waals surface area contributed by atoms with Gasteiger partial charge < -0.3 is 15.0 Å². The summed E-state index contributed by atoms with van der Waals surface area (Å²) in [6.07, 6.45) is 0. The van der Waals surface area contributed by atoms with Gasteiger partial charge in [-0.1, -0.05) is 24.3 Å². The molecule has 0 fully saturated rings. The van der Waals surface area contributed by atoms with Crippen molar-refractivity contribution in [2.24, 2.45) is 7.05 Å². The van der Waals surface area contributed by atoms with E-state index in [9.17, 15) is 4.79 Å². The number of benzene rings is 3. The average Bonchev–Trinajstić information content (AvgIpc) is 2.98. The lowest BCUT2D eigenvalue weighted by molar-refractivity contribution is 0.103. The molecule has 4 heteroatoms. The normalized spacial score (nSPS) is 11.1. The number of hydrogen-bond donors (Lipinski definition) is 1. The summed E-state index contributed by atoms with van der Waals surface area (Å²) < 4.78 is 7.47. The molecule has 124 valence electrons. The Morgan fingerprint density at radius 2 is 1.64 bits per heavy atom. The molecule has 0 amide bonds. The summed E-state index contributed by atoms with van der Waals surface area (Å²) in [5.74, 6) is 0.775. The number of hydrogen-bond acceptors (Lipinski definition) is 3. The number of ketones is 1. The van der Waals surface area contributed by atoms with Gasteiger partial charge in [-0.25, -0.2) is 0 Å². The van der Waals surface area contributed by atoms with Crippen molar-refractivity contribution < 1.29 is 9.53 Å². The fraction of sp³-hybridized carbons (Fsp3) is 0.0952. The third-order valence-electron chi connectivity index (χ3n) is 4.66. The van der Waals surface area contributed by atoms with Gasteiger partial charge in [-0.3, -0.25) is 4.79 Å². The predicted octanol–water partition coefficient (Wildman–Crippen LogP) is 4.15. The van der Waals surface area contributed by atoms with Gasteiger partial charge in [-0.2, -0.15) is 0 Å². The van der Waals surface area contributed by atoms with Crippen LogP contribution in [-0.2, 0) is 7.05 Å². The molecule has 4 aromatic rings. The number of methoxy groups -OCH3 is 1. The summed E-state index contributed by atoms with van der Waals surface area (Å²) in [6.45, 7) is 0. The Balaban J connectivity index is 1.97. The standard InChI is InChI=1S/C21H18N2O2/c1-23-18-12-20(25-2)16-6-4-3-5-15(16)17(18)11-19(23)21(24)13-7-9-14(22)10-8-13/h3-12H,22H2,1-2H3. The van der Waals surface area contributed by atoms with Crippen LogP contribution in [0.2, 0.25) is 0 Å². The molecule has 0 saturated carbocycles. The maximum Gasteiger partial charge on any atom is 0.209 e. The Hall–Kier alpha value is -3.27. The first kappa shape index (κ1) is 15.3. The fourth-order valence-corrected chi connectivity index (χ4v) is 3.31. The molecule has 0 atom stereocenters. The molecule has 2 N–H and O–H groups in total. The molecule has 0 aliphatic rings. The van der Waals surface area contributed by atoms with Gasteiger partial charge in [0, 0.05) is 35.1 Å². The van der Waals surface area contributed by atoms with E-state index in [1.165, 1.54) is 0 Å². The number of ether oxygens (including phenoxy) is 1. The third kappa shape index (κ3) is 2.34. The van der Waals surface area contributed by atoms with Crippen LogP contribution in [-0.4, -0.2) is 17.5 Å². The van der Waals surface area contributed by atoms with Crippen LogP contribution in [0, 0.1) is 0 Å². The lowest BCUT2D eigenvalue weighted by Gasteiger charge is -2.08. The minimum absolute atomic E-state index is 0.0262. The number of nitrogen functional groups attached to an aromatic ring is 1. The number of nitrogens with zero attached hydrogens (tertiary/aromatic N) is 1. The van der Waals surface area contributed by atoms with Gasteiger partial charge in [0.25, 0.3) is 0 Å². The van der Waals surface area contributed by atoms with Gasteiger partial charge in [0.2, 0.25) is 5.78 Å². The maximum absolute atomic E-state index is 12.9. The number of carbonyl (C=O) groups excluding carboxylic acids is 1. The van der Waals surface area contributed by atoms with Gasteiger partial charge in [0.05, 0.1) is 18.3 Å². The third-order valence-corrected chi connectivity index (χ3v) is 4.66. The SMILES string of the molecule is COc1cc2c(cc(C(=O)c3ccc(N)cc3)n2C)c2ccccc12. The minimum Gasteiger partial charge on any atom is -0.496 e. The van der Waals surface area contributed by atoms with Gasteiger partial charge in [0.1, 0.15) is 5.75 Å². The summed E-state index contributed by atoms with van der Waals surface area (Å²) >= 11 is 0. The van der Waals surface area contributed by atoms with Crippen molar-refractivity contribution in [3.63, 3.8) is 0 Å². The Kier molecular flexibility index (Phi) is 3.46. The van der Waals surface area contributed by atoms with E-state index in [1.807, 2.05) is 41.9 Å². The van der Waals surface area contributed by atoms with Crippen LogP contribution in [0.1, 0.15) is 16.1 Å². The van der Waals surface area contributed by atoms with Crippen LogP contribution in [0.4, 0.5) is 5.69 Å². The zero-order chi connectivity index (χ0) is 17.6. The highest BCUT2D eigenvalue weighted by molar-refractivity contribution is 6.16. The highest BCUT2D eigenvalue weighted by Gasteiger charge is 2.18. The number of anilines is 1. The van der Waals surface area contributed by atoms with Crippen molar-refractivity contribution in [1.29, 1.82) is 0 Å². The number of fused-ring (bicyclic) bond motifs is 3. The fourth-order valence-electron chi connectivity index (χ4n) is 3.31. The number of nitrogens with two attached hydrogens (primary N) is 1. The Labute approximate surface area is 145 Å². The first-order valence-corrected chi connectivity index (χ1v) is 8.05. The van der Waals surface area contributed by atoms with Gasteiger partial charge >= 0.3 is 0 Å². The van der Waals surface area contributed by atoms with Crippen LogP contribution in [0.3, 0.4) is 0 Å². The summed E-state index contributed by atoms with van der Waals surface area (Å²) in [5.41, 5.74) is 8.59. The van der Waals surface area contributed by atoms with Crippen molar-refractivity contribution in [3.05, 3.63) is 71.9 Å². The topological polar surface area (TPSA) is 57.2 Å². The van der Waals surface area contributed by atoms with E-state index in [2.05, 4.69) is 6.07 Å². The maximum atomic E-state index is 12.9. The minimum atomic E-state index is -0.0262. The predicted molar refractivity (Wildman–Crippen MR) is 101 cm³/mol. The second-order valence-electron chi connectivity index (χ2n) is 6.10. The van der Waals surface area contributed by atoms with E-state index in [4.69, 9.17) is 10.5 Å². The summed E-state index contributed by atoms with van der Waals surface area (Å²) in [7, 11) is 3.57. The van der Waals surface area contributed by atoms with Crippen molar-refractivity contribution in [2.45, 2.75) is 0 Å². The summed E-state index contributed by atoms with van der Waals surface area (Å²) in [6, 6.07) is 19.0. The molecule has 4 nitrogen and oxygen atoms in total. The van der Waals surface area contributed by atoms with Crippen LogP contribution in [0.25, 0.3) is 21.7 Å². The molecule has 4 rings (SSSR count). The van der Waals surface area contributed by atoms with Crippen LogP contribution >= 0.6 is 0 Å². The molecule has 0 bridgehead atoms. The van der Waals surface area contributed by atoms with Gasteiger partial charge in [0.15, 0.2) is 0 Å². The molecule has 0 saturated heterocycles. The monoisotopic (exact) mass is 330 g/mol. The van der Waals surface area contributed by atoms with E-state index in [0.29, 0.717) is 16.9 Å². The van der Waals surface area contributed by atoms with Gasteiger partial charge in [-0.05, 0) is 35.7 Å². The first-order valence-electron chi connectivity index (χ1n) is 8.05. The van der Waals surface area contributed by atoms with Crippen molar-refractivity contribution in [1.82, 2.24) is 4.57 Å². The molecule has 0 aliphatic heterocycles. The molecular weight excluding hydrogens is 312 g/mol. The van der Waals surface area contributed by atoms with E-state index < -0.39 is 0 Å². The second-order valence-corrected chi connectivity index (χ2v) is 6.10. The van der Waals surface area contributed by atoms with E-state index in [1.54, 1.807) is 31.4 Å². The Bertz CT molecular complexity index is 1110. The molecule has 3 aromatic carbocycles. The van der Waals surface area contributed by atoms with E-state index in [0.717, 1.165) is 27.4 Å². The highest BCUT2D eigenvalue weighted by atomic mass is 16.5. The number of aryl methyl sites for hydroxylation is 1. The Morgan fingerprint density at radius 1 is 0.960 bits per heavy atom. The summed E-state index contributed by atoms with van der Waals surface area (Å²) in [5, 5.41) is 3.15. The van der Waals surface area contributed by atoms with Crippen LogP contribution in [0.5, 0.6) is 5.75 Å². The lowest BCUT2D eigenvalue weighted by Crippen LogP contribution is -2.07. The van der Waals surface area contributed by atoms with Crippen LogP contribution < -0.4 is 10.5 Å². The first-order chi connectivity index (χ1) is 12.1. The zero-order valence-electron chi connectivity index (χ0n) is 14.1. The second kappa shape index (κ2) is 5.67. The average molecular weight is 330 g/mol. The molecule has 1 heterocycles. The van der Waals surface area contributed by atoms with Crippen molar-refractivity contribution >= 4 is 33.1 Å². The van der Waals surface area contributed by atoms with Crippen molar-refractivity contribution in [2.75, 3.05) is 12.8 Å². The smallest absolute Gasteiger partial charge is 0.209 e. The van der Waals surface area contributed by atoms with E-state index in [-0.39, 0.29) is 5.78 Å². The molecule has 0 radical (unpaired) electrons. The number of aromatic nitrogens is 1. The van der Waals surface area contributed by atoms with E-state index >= 15 is 0 Å². The highest BCUT2D eigenvalue weighted by Crippen LogP contribution is 2.35. The lowest BCUT2D eigenvalue weighted by atomic mass is 10.0. The molecule has 0 unspecified atom stereocenters. The summed E-state index contributed by atoms with van der Waals surface area (Å²) in [4.78, 5) is 12.9. The molecule has 25 heavy (non-hydrogen) atoms. The molecule has 1 aromatic heterocycles. The molecule has 0 aliphatic carbocycles. The molecular formula is C21H18N2O2. The quantitative estimate of drug-likeness (QED) is 0.453. The molecule has 0 spiro atoms. The largest absolute Gasteiger partial charge is 0.496 e. The van der Waals surface area contributed by atoms with Gasteiger partial charge in [-0.15, -0.1) is 0 Å². The zero-order valence-corrected chi connectivity index (χ0v) is 14.1. The number of rotatable bonds is 3. The van der Waals surface area contributed by atoms with Crippen molar-refractivity contribution in [3.8, 4) is 5.75 Å². The Morgan fingerprint density at radius 3 is 2.32 bits per heavy atom. The number of carbonyl (C=O) groups is 1.